The second-order valence-electron chi connectivity index (χ2n) is 5.37. The van der Waals surface area contributed by atoms with E-state index in [9.17, 15) is 0 Å². The van der Waals surface area contributed by atoms with Crippen molar-refractivity contribution >= 4 is 16.9 Å². The Morgan fingerprint density at radius 2 is 2.05 bits per heavy atom. The van der Waals surface area contributed by atoms with E-state index >= 15 is 0 Å². The van der Waals surface area contributed by atoms with Crippen LogP contribution in [0.25, 0.3) is 22.5 Å². The molecular formula is C13H15N5O. The van der Waals surface area contributed by atoms with Gasteiger partial charge in [0.05, 0.1) is 17.2 Å². The zero-order valence-corrected chi connectivity index (χ0v) is 11.1. The van der Waals surface area contributed by atoms with Crippen LogP contribution in [0.2, 0.25) is 0 Å². The molecule has 0 bridgehead atoms. The fourth-order valence-electron chi connectivity index (χ4n) is 2.03. The molecule has 2 N–H and O–H groups in total. The summed E-state index contributed by atoms with van der Waals surface area (Å²) in [6.45, 7) is 6.18. The molecule has 0 fully saturated rings. The minimum Gasteiger partial charge on any atom is -0.463 e. The summed E-state index contributed by atoms with van der Waals surface area (Å²) in [6, 6.07) is 3.67. The Kier molecular flexibility index (Phi) is 2.35. The lowest BCUT2D eigenvalue weighted by Crippen LogP contribution is -2.23. The van der Waals surface area contributed by atoms with Crippen molar-refractivity contribution < 1.29 is 4.42 Å². The fourth-order valence-corrected chi connectivity index (χ4v) is 2.03. The number of nitrogen functional groups attached to an aromatic ring is 1. The van der Waals surface area contributed by atoms with Crippen molar-refractivity contribution in [3.63, 3.8) is 0 Å². The summed E-state index contributed by atoms with van der Waals surface area (Å²) in [7, 11) is 0. The zero-order chi connectivity index (χ0) is 13.6. The van der Waals surface area contributed by atoms with Gasteiger partial charge in [-0.25, -0.2) is 14.6 Å². The maximum atomic E-state index is 5.97. The van der Waals surface area contributed by atoms with Crippen LogP contribution >= 0.6 is 0 Å². The lowest BCUT2D eigenvalue weighted by atomic mass is 10.1. The van der Waals surface area contributed by atoms with Gasteiger partial charge in [0.15, 0.2) is 11.4 Å². The number of hydrogen-bond donors (Lipinski definition) is 1. The van der Waals surface area contributed by atoms with Gasteiger partial charge >= 0.3 is 0 Å². The Morgan fingerprint density at radius 3 is 2.68 bits per heavy atom. The SMILES string of the molecule is CC(C)(C)n1nc(-c2ccco2)c2c(N)ncnc21. The third-order valence-electron chi connectivity index (χ3n) is 2.88. The summed E-state index contributed by atoms with van der Waals surface area (Å²) in [5.41, 5.74) is 7.16. The number of rotatable bonds is 1. The van der Waals surface area contributed by atoms with Crippen LogP contribution in [0.5, 0.6) is 0 Å². The second kappa shape index (κ2) is 3.81. The van der Waals surface area contributed by atoms with E-state index in [2.05, 4.69) is 35.8 Å². The van der Waals surface area contributed by atoms with Crippen LogP contribution < -0.4 is 5.73 Å². The summed E-state index contributed by atoms with van der Waals surface area (Å²) in [5, 5.41) is 5.33. The standard InChI is InChI=1S/C13H15N5O/c1-13(2,3)18-12-9(11(14)15-7-16-12)10(17-18)8-5-4-6-19-8/h4-7H,1-3H3,(H2,14,15,16). The summed E-state index contributed by atoms with van der Waals surface area (Å²) in [5.74, 6) is 1.07. The third-order valence-corrected chi connectivity index (χ3v) is 2.88. The van der Waals surface area contributed by atoms with E-state index in [1.807, 2.05) is 16.8 Å². The summed E-state index contributed by atoms with van der Waals surface area (Å²) in [4.78, 5) is 8.35. The number of nitrogens with two attached hydrogens (primary N) is 1. The molecule has 6 nitrogen and oxygen atoms in total. The molecule has 0 spiro atoms. The highest BCUT2D eigenvalue weighted by Gasteiger charge is 2.24. The first-order valence-electron chi connectivity index (χ1n) is 6.02. The fraction of sp³-hybridized carbons (Fsp3) is 0.308. The molecule has 19 heavy (non-hydrogen) atoms. The minimum absolute atomic E-state index is 0.204. The van der Waals surface area contributed by atoms with Crippen LogP contribution in [0, 0.1) is 0 Å². The first-order chi connectivity index (χ1) is 8.98. The molecule has 0 amide bonds. The summed E-state index contributed by atoms with van der Waals surface area (Å²) < 4.78 is 7.27. The molecule has 0 aromatic carbocycles. The van der Waals surface area contributed by atoms with Crippen LogP contribution in [0.15, 0.2) is 29.1 Å². The molecule has 0 saturated carbocycles. The lowest BCUT2D eigenvalue weighted by molar-refractivity contribution is 0.366. The number of anilines is 1. The molecule has 0 radical (unpaired) electrons. The Balaban J connectivity index is 2.41. The largest absolute Gasteiger partial charge is 0.463 e. The maximum Gasteiger partial charge on any atom is 0.164 e. The van der Waals surface area contributed by atoms with Crippen molar-refractivity contribution in [2.24, 2.45) is 0 Å². The Hall–Kier alpha value is -2.37. The smallest absolute Gasteiger partial charge is 0.164 e. The number of fused-ring (bicyclic) bond motifs is 1. The van der Waals surface area contributed by atoms with E-state index in [1.165, 1.54) is 6.33 Å². The van der Waals surface area contributed by atoms with Crippen LogP contribution in [-0.4, -0.2) is 19.7 Å². The van der Waals surface area contributed by atoms with Crippen LogP contribution in [0.1, 0.15) is 20.8 Å². The molecule has 0 atom stereocenters. The molecule has 0 aliphatic heterocycles. The van der Waals surface area contributed by atoms with Crippen LogP contribution in [-0.2, 0) is 5.54 Å². The molecule has 6 heteroatoms. The zero-order valence-electron chi connectivity index (χ0n) is 11.1. The molecule has 0 aliphatic rings. The number of aromatic nitrogens is 4. The number of nitrogens with zero attached hydrogens (tertiary/aromatic N) is 4. The van der Waals surface area contributed by atoms with Crippen molar-refractivity contribution in [2.75, 3.05) is 5.73 Å². The number of furan rings is 1. The molecule has 98 valence electrons. The molecule has 3 aromatic heterocycles. The molecular weight excluding hydrogens is 242 g/mol. The molecule has 3 heterocycles. The van der Waals surface area contributed by atoms with Gasteiger partial charge in [-0.3, -0.25) is 0 Å². The minimum atomic E-state index is -0.204. The highest BCUT2D eigenvalue weighted by molar-refractivity contribution is 5.97. The van der Waals surface area contributed by atoms with Crippen molar-refractivity contribution in [3.05, 3.63) is 24.7 Å². The number of hydrogen-bond acceptors (Lipinski definition) is 5. The first kappa shape index (κ1) is 11.7. The predicted molar refractivity (Wildman–Crippen MR) is 72.4 cm³/mol. The summed E-state index contributed by atoms with van der Waals surface area (Å²) >= 11 is 0. The van der Waals surface area contributed by atoms with Crippen molar-refractivity contribution in [3.8, 4) is 11.5 Å². The van der Waals surface area contributed by atoms with Crippen molar-refractivity contribution in [1.29, 1.82) is 0 Å². The van der Waals surface area contributed by atoms with E-state index in [4.69, 9.17) is 10.2 Å². The highest BCUT2D eigenvalue weighted by Crippen LogP contribution is 2.32. The van der Waals surface area contributed by atoms with Crippen molar-refractivity contribution in [2.45, 2.75) is 26.3 Å². The Labute approximate surface area is 110 Å². The van der Waals surface area contributed by atoms with E-state index in [1.54, 1.807) is 6.26 Å². The average molecular weight is 257 g/mol. The predicted octanol–water partition coefficient (Wildman–Crippen LogP) is 2.42. The Morgan fingerprint density at radius 1 is 1.26 bits per heavy atom. The average Bonchev–Trinajstić information content (AvgIpc) is 2.94. The molecule has 3 rings (SSSR count). The normalized spacial score (nSPS) is 12.2. The highest BCUT2D eigenvalue weighted by atomic mass is 16.3. The third kappa shape index (κ3) is 1.76. The van der Waals surface area contributed by atoms with E-state index in [0.29, 0.717) is 22.9 Å². The first-order valence-corrected chi connectivity index (χ1v) is 6.02. The van der Waals surface area contributed by atoms with Gasteiger partial charge in [0.1, 0.15) is 17.8 Å². The van der Waals surface area contributed by atoms with Gasteiger partial charge < -0.3 is 10.2 Å². The topological polar surface area (TPSA) is 82.8 Å². The van der Waals surface area contributed by atoms with Gasteiger partial charge in [0.2, 0.25) is 0 Å². The molecule has 0 unspecified atom stereocenters. The quantitative estimate of drug-likeness (QED) is 0.723. The summed E-state index contributed by atoms with van der Waals surface area (Å²) in [6.07, 6.45) is 3.06. The monoisotopic (exact) mass is 257 g/mol. The van der Waals surface area contributed by atoms with Crippen LogP contribution in [0.3, 0.4) is 0 Å². The van der Waals surface area contributed by atoms with Gasteiger partial charge in [-0.15, -0.1) is 0 Å². The lowest BCUT2D eigenvalue weighted by Gasteiger charge is -2.19. The van der Waals surface area contributed by atoms with E-state index in [-0.39, 0.29) is 5.54 Å². The molecule has 0 aliphatic carbocycles. The van der Waals surface area contributed by atoms with Gasteiger partial charge in [-0.05, 0) is 32.9 Å². The van der Waals surface area contributed by atoms with Gasteiger partial charge in [0, 0.05) is 0 Å². The van der Waals surface area contributed by atoms with Gasteiger partial charge in [0.25, 0.3) is 0 Å². The van der Waals surface area contributed by atoms with Crippen LogP contribution in [0.4, 0.5) is 5.82 Å². The maximum absolute atomic E-state index is 5.97. The molecule has 0 saturated heterocycles. The van der Waals surface area contributed by atoms with E-state index in [0.717, 1.165) is 5.39 Å². The second-order valence-corrected chi connectivity index (χ2v) is 5.37. The van der Waals surface area contributed by atoms with E-state index < -0.39 is 0 Å². The van der Waals surface area contributed by atoms with Gasteiger partial charge in [-0.1, -0.05) is 0 Å². The van der Waals surface area contributed by atoms with Gasteiger partial charge in [-0.2, -0.15) is 5.10 Å². The van der Waals surface area contributed by atoms with Crippen molar-refractivity contribution in [1.82, 2.24) is 19.7 Å². The molecule has 3 aromatic rings. The Bertz CT molecular complexity index is 721.